The highest BCUT2D eigenvalue weighted by atomic mass is 32.1. The normalized spacial score (nSPS) is 18.1. The highest BCUT2D eigenvalue weighted by Crippen LogP contribution is 2.26. The molecule has 1 amide bonds. The van der Waals surface area contributed by atoms with Crippen molar-refractivity contribution >= 4 is 22.4 Å². The number of nitrogens with two attached hydrogens (primary N) is 1. The van der Waals surface area contributed by atoms with Crippen LogP contribution in [0, 0.1) is 0 Å². The molecule has 0 bridgehead atoms. The third-order valence-electron chi connectivity index (χ3n) is 4.47. The number of nitrogens with zero attached hydrogens (tertiary/aromatic N) is 4. The lowest BCUT2D eigenvalue weighted by Crippen LogP contribution is -2.47. The molecular formula is C17H23N5OS. The quantitative estimate of drug-likeness (QED) is 0.868. The Bertz CT molecular complexity index is 675. The predicted molar refractivity (Wildman–Crippen MR) is 96.2 cm³/mol. The number of pyridine rings is 1. The smallest absolute Gasteiger partial charge is 0.268 e. The number of amides is 1. The van der Waals surface area contributed by atoms with Crippen LogP contribution in [0.15, 0.2) is 29.9 Å². The Hall–Kier alpha value is -1.99. The van der Waals surface area contributed by atoms with E-state index in [1.54, 1.807) is 5.38 Å². The fraction of sp³-hybridized carbons (Fsp3) is 0.471. The van der Waals surface area contributed by atoms with Crippen LogP contribution in [0.4, 0.5) is 5.13 Å². The number of piperidine rings is 1. The SMILES string of the molecule is CCN(Cc1ccncc1)C1CCCN(c2nc(C(N)=O)cs2)C1. The van der Waals surface area contributed by atoms with E-state index < -0.39 is 5.91 Å². The highest BCUT2D eigenvalue weighted by Gasteiger charge is 2.26. The standard InChI is InChI=1S/C17H23N5OS/c1-2-21(10-13-5-7-19-8-6-13)14-4-3-9-22(11-14)17-20-15(12-24-17)16(18)23/h5-8,12,14H,2-4,9-11H2,1H3,(H2,18,23). The number of aromatic nitrogens is 2. The predicted octanol–water partition coefficient (Wildman–Crippen LogP) is 2.13. The molecule has 1 saturated heterocycles. The first-order chi connectivity index (χ1) is 11.7. The topological polar surface area (TPSA) is 75.3 Å². The van der Waals surface area contributed by atoms with Gasteiger partial charge in [-0.25, -0.2) is 4.98 Å². The van der Waals surface area contributed by atoms with Gasteiger partial charge in [0.1, 0.15) is 5.69 Å². The van der Waals surface area contributed by atoms with Gasteiger partial charge in [0, 0.05) is 43.4 Å². The van der Waals surface area contributed by atoms with E-state index in [0.717, 1.165) is 37.7 Å². The lowest BCUT2D eigenvalue weighted by molar-refractivity contribution is 0.0996. The van der Waals surface area contributed by atoms with E-state index in [9.17, 15) is 4.79 Å². The van der Waals surface area contributed by atoms with E-state index in [1.165, 1.54) is 23.3 Å². The minimum atomic E-state index is -0.459. The molecule has 1 fully saturated rings. The number of thiazole rings is 1. The van der Waals surface area contributed by atoms with Gasteiger partial charge in [-0.3, -0.25) is 14.7 Å². The van der Waals surface area contributed by atoms with E-state index in [2.05, 4.69) is 38.8 Å². The van der Waals surface area contributed by atoms with Gasteiger partial charge in [0.15, 0.2) is 5.13 Å². The minimum Gasteiger partial charge on any atom is -0.364 e. The molecule has 1 atom stereocenters. The molecule has 24 heavy (non-hydrogen) atoms. The molecule has 1 unspecified atom stereocenters. The van der Waals surface area contributed by atoms with Crippen LogP contribution in [-0.4, -0.2) is 46.5 Å². The molecule has 128 valence electrons. The van der Waals surface area contributed by atoms with Crippen LogP contribution in [-0.2, 0) is 6.54 Å². The lowest BCUT2D eigenvalue weighted by atomic mass is 10.0. The molecule has 1 aliphatic rings. The molecule has 3 rings (SSSR count). The lowest BCUT2D eigenvalue weighted by Gasteiger charge is -2.39. The molecule has 0 aliphatic carbocycles. The third-order valence-corrected chi connectivity index (χ3v) is 5.37. The molecule has 6 nitrogen and oxygen atoms in total. The van der Waals surface area contributed by atoms with Crippen LogP contribution in [0.2, 0.25) is 0 Å². The van der Waals surface area contributed by atoms with Gasteiger partial charge in [-0.1, -0.05) is 6.92 Å². The first-order valence-electron chi connectivity index (χ1n) is 8.30. The molecule has 0 saturated carbocycles. The number of likely N-dealkylation sites (N-methyl/N-ethyl adjacent to an activating group) is 1. The van der Waals surface area contributed by atoms with Gasteiger partial charge in [0.05, 0.1) is 0 Å². The van der Waals surface area contributed by atoms with Crippen molar-refractivity contribution < 1.29 is 4.79 Å². The van der Waals surface area contributed by atoms with Crippen LogP contribution in [0.1, 0.15) is 35.8 Å². The van der Waals surface area contributed by atoms with E-state index in [4.69, 9.17) is 5.73 Å². The van der Waals surface area contributed by atoms with Crippen molar-refractivity contribution in [2.24, 2.45) is 5.73 Å². The summed E-state index contributed by atoms with van der Waals surface area (Å²) in [7, 11) is 0. The Morgan fingerprint density at radius 2 is 2.25 bits per heavy atom. The summed E-state index contributed by atoms with van der Waals surface area (Å²) in [6, 6.07) is 4.63. The Morgan fingerprint density at radius 3 is 2.92 bits per heavy atom. The number of carbonyl (C=O) groups is 1. The maximum atomic E-state index is 11.3. The second-order valence-electron chi connectivity index (χ2n) is 6.04. The van der Waals surface area contributed by atoms with Gasteiger partial charge in [-0.2, -0.15) is 0 Å². The summed E-state index contributed by atoms with van der Waals surface area (Å²) in [5.74, 6) is -0.459. The van der Waals surface area contributed by atoms with Crippen LogP contribution in [0.5, 0.6) is 0 Å². The molecule has 2 aromatic heterocycles. The minimum absolute atomic E-state index is 0.362. The molecule has 0 spiro atoms. The molecule has 7 heteroatoms. The Morgan fingerprint density at radius 1 is 1.46 bits per heavy atom. The van der Waals surface area contributed by atoms with Crippen molar-refractivity contribution in [2.45, 2.75) is 32.4 Å². The van der Waals surface area contributed by atoms with Crippen LogP contribution in [0.3, 0.4) is 0 Å². The number of rotatable bonds is 6. The summed E-state index contributed by atoms with van der Waals surface area (Å²) >= 11 is 1.50. The summed E-state index contributed by atoms with van der Waals surface area (Å²) in [6.07, 6.45) is 6.00. The van der Waals surface area contributed by atoms with Crippen LogP contribution in [0.25, 0.3) is 0 Å². The summed E-state index contributed by atoms with van der Waals surface area (Å²) < 4.78 is 0. The second kappa shape index (κ2) is 7.72. The summed E-state index contributed by atoms with van der Waals surface area (Å²) in [5.41, 5.74) is 6.96. The fourth-order valence-corrected chi connectivity index (χ4v) is 4.02. The van der Waals surface area contributed by atoms with Crippen molar-refractivity contribution in [3.8, 4) is 0 Å². The monoisotopic (exact) mass is 345 g/mol. The summed E-state index contributed by atoms with van der Waals surface area (Å²) in [5, 5.41) is 2.64. The molecule has 0 radical (unpaired) electrons. The molecule has 2 N–H and O–H groups in total. The Balaban J connectivity index is 1.68. The number of primary amides is 1. The van der Waals surface area contributed by atoms with Crippen molar-refractivity contribution in [3.63, 3.8) is 0 Å². The van der Waals surface area contributed by atoms with Crippen molar-refractivity contribution in [1.82, 2.24) is 14.9 Å². The Labute approximate surface area is 146 Å². The fourth-order valence-electron chi connectivity index (χ4n) is 3.17. The molecular weight excluding hydrogens is 322 g/mol. The van der Waals surface area contributed by atoms with Gasteiger partial charge in [-0.05, 0) is 37.1 Å². The molecule has 0 aromatic carbocycles. The summed E-state index contributed by atoms with van der Waals surface area (Å²) in [6.45, 7) is 6.06. The molecule has 2 aromatic rings. The second-order valence-corrected chi connectivity index (χ2v) is 6.88. The van der Waals surface area contributed by atoms with Crippen LogP contribution >= 0.6 is 11.3 Å². The summed E-state index contributed by atoms with van der Waals surface area (Å²) in [4.78, 5) is 24.5. The van der Waals surface area contributed by atoms with Gasteiger partial charge in [0.25, 0.3) is 5.91 Å². The van der Waals surface area contributed by atoms with E-state index in [0.29, 0.717) is 11.7 Å². The average molecular weight is 345 g/mol. The number of hydrogen-bond acceptors (Lipinski definition) is 6. The van der Waals surface area contributed by atoms with Gasteiger partial charge >= 0.3 is 0 Å². The van der Waals surface area contributed by atoms with Crippen molar-refractivity contribution in [2.75, 3.05) is 24.5 Å². The largest absolute Gasteiger partial charge is 0.364 e. The van der Waals surface area contributed by atoms with E-state index in [-0.39, 0.29) is 0 Å². The van der Waals surface area contributed by atoms with Crippen molar-refractivity contribution in [1.29, 1.82) is 0 Å². The first kappa shape index (κ1) is 16.9. The zero-order valence-electron chi connectivity index (χ0n) is 13.9. The zero-order valence-corrected chi connectivity index (χ0v) is 14.7. The van der Waals surface area contributed by atoms with E-state index in [1.807, 2.05) is 12.4 Å². The van der Waals surface area contributed by atoms with Crippen molar-refractivity contribution in [3.05, 3.63) is 41.2 Å². The maximum absolute atomic E-state index is 11.3. The van der Waals surface area contributed by atoms with Gasteiger partial charge in [0.2, 0.25) is 0 Å². The number of hydrogen-bond donors (Lipinski definition) is 1. The zero-order chi connectivity index (χ0) is 16.9. The number of anilines is 1. The molecule has 1 aliphatic heterocycles. The molecule has 3 heterocycles. The Kier molecular flexibility index (Phi) is 5.42. The average Bonchev–Trinajstić information content (AvgIpc) is 3.11. The third kappa shape index (κ3) is 3.91. The number of carbonyl (C=O) groups excluding carboxylic acids is 1. The maximum Gasteiger partial charge on any atom is 0.268 e. The van der Waals surface area contributed by atoms with E-state index >= 15 is 0 Å². The van der Waals surface area contributed by atoms with Crippen LogP contribution < -0.4 is 10.6 Å². The van der Waals surface area contributed by atoms with Gasteiger partial charge in [-0.15, -0.1) is 11.3 Å². The highest BCUT2D eigenvalue weighted by molar-refractivity contribution is 7.13. The first-order valence-corrected chi connectivity index (χ1v) is 9.18. The van der Waals surface area contributed by atoms with Gasteiger partial charge < -0.3 is 10.6 Å².